The standard InChI is InChI=1S/C14H10FN3O2S/c15-9-4-5-11(19)10(7-9)12(20)8-21-14-17-16-13-3-1-2-6-18(13)14/h1-7,19H,8H2. The molecule has 0 bridgehead atoms. The summed E-state index contributed by atoms with van der Waals surface area (Å²) in [6.45, 7) is 0. The summed E-state index contributed by atoms with van der Waals surface area (Å²) in [6.07, 6.45) is 1.79. The Kier molecular flexibility index (Phi) is 3.57. The number of carbonyl (C=O) groups is 1. The Morgan fingerprint density at radius 1 is 1.29 bits per heavy atom. The van der Waals surface area contributed by atoms with E-state index in [1.807, 2.05) is 12.1 Å². The lowest BCUT2D eigenvalue weighted by Crippen LogP contribution is -2.04. The van der Waals surface area contributed by atoms with Crippen molar-refractivity contribution in [2.45, 2.75) is 5.16 Å². The van der Waals surface area contributed by atoms with Gasteiger partial charge >= 0.3 is 0 Å². The minimum absolute atomic E-state index is 0.0312. The zero-order valence-corrected chi connectivity index (χ0v) is 11.5. The lowest BCUT2D eigenvalue weighted by molar-refractivity contribution is 0.101. The number of hydrogen-bond donors (Lipinski definition) is 1. The number of benzene rings is 1. The predicted molar refractivity (Wildman–Crippen MR) is 76.1 cm³/mol. The summed E-state index contributed by atoms with van der Waals surface area (Å²) in [5, 5.41) is 18.1. The fourth-order valence-corrected chi connectivity index (χ4v) is 2.67. The highest BCUT2D eigenvalue weighted by molar-refractivity contribution is 7.99. The van der Waals surface area contributed by atoms with Crippen LogP contribution < -0.4 is 0 Å². The summed E-state index contributed by atoms with van der Waals surface area (Å²) in [4.78, 5) is 12.0. The molecule has 5 nitrogen and oxygen atoms in total. The van der Waals surface area contributed by atoms with Crippen LogP contribution in [0.1, 0.15) is 10.4 Å². The molecule has 1 aromatic carbocycles. The van der Waals surface area contributed by atoms with Crippen molar-refractivity contribution in [2.24, 2.45) is 0 Å². The highest BCUT2D eigenvalue weighted by Gasteiger charge is 2.14. The molecule has 0 aliphatic rings. The number of Topliss-reactive ketones (excluding diaryl/α,β-unsaturated/α-hetero) is 1. The van der Waals surface area contributed by atoms with Gasteiger partial charge in [-0.25, -0.2) is 4.39 Å². The Hall–Kier alpha value is -2.41. The van der Waals surface area contributed by atoms with Crippen molar-refractivity contribution in [1.82, 2.24) is 14.6 Å². The zero-order chi connectivity index (χ0) is 14.8. The molecule has 106 valence electrons. The van der Waals surface area contributed by atoms with Crippen molar-refractivity contribution in [1.29, 1.82) is 0 Å². The molecule has 7 heteroatoms. The van der Waals surface area contributed by atoms with Crippen molar-refractivity contribution >= 4 is 23.2 Å². The number of phenols is 1. The molecule has 0 atom stereocenters. The van der Waals surface area contributed by atoms with Gasteiger partial charge in [0.2, 0.25) is 0 Å². The van der Waals surface area contributed by atoms with Gasteiger partial charge in [0, 0.05) is 6.20 Å². The van der Waals surface area contributed by atoms with Gasteiger partial charge in [-0.2, -0.15) is 0 Å². The number of halogens is 1. The molecular weight excluding hydrogens is 293 g/mol. The van der Waals surface area contributed by atoms with Crippen molar-refractivity contribution < 1.29 is 14.3 Å². The largest absolute Gasteiger partial charge is 0.507 e. The monoisotopic (exact) mass is 303 g/mol. The Balaban J connectivity index is 1.78. The average molecular weight is 303 g/mol. The fraction of sp³-hybridized carbons (Fsp3) is 0.0714. The van der Waals surface area contributed by atoms with Gasteiger partial charge in [0.1, 0.15) is 11.6 Å². The van der Waals surface area contributed by atoms with E-state index in [1.54, 1.807) is 16.7 Å². The summed E-state index contributed by atoms with van der Waals surface area (Å²) >= 11 is 1.18. The van der Waals surface area contributed by atoms with Crippen LogP contribution in [0.15, 0.2) is 47.8 Å². The fourth-order valence-electron chi connectivity index (χ4n) is 1.86. The second-order valence-electron chi connectivity index (χ2n) is 4.28. The Labute approximate surface area is 123 Å². The van der Waals surface area contributed by atoms with Crippen LogP contribution in [0.3, 0.4) is 0 Å². The first kappa shape index (κ1) is 13.6. The van der Waals surface area contributed by atoms with Crippen LogP contribution in [0, 0.1) is 5.82 Å². The van der Waals surface area contributed by atoms with E-state index in [1.165, 1.54) is 17.8 Å². The molecule has 1 N–H and O–H groups in total. The number of carbonyl (C=O) groups excluding carboxylic acids is 1. The van der Waals surface area contributed by atoms with Crippen LogP contribution in [0.2, 0.25) is 0 Å². The normalized spacial score (nSPS) is 10.9. The zero-order valence-electron chi connectivity index (χ0n) is 10.7. The number of pyridine rings is 1. The van der Waals surface area contributed by atoms with Gasteiger partial charge in [-0.1, -0.05) is 17.8 Å². The molecule has 2 aromatic heterocycles. The van der Waals surface area contributed by atoms with Gasteiger partial charge < -0.3 is 5.11 Å². The van der Waals surface area contributed by atoms with Gasteiger partial charge in [0.15, 0.2) is 16.6 Å². The minimum atomic E-state index is -0.561. The number of aromatic nitrogens is 3. The smallest absolute Gasteiger partial charge is 0.196 e. The molecule has 0 unspecified atom stereocenters. The van der Waals surface area contributed by atoms with Crippen LogP contribution in [0.25, 0.3) is 5.65 Å². The molecule has 21 heavy (non-hydrogen) atoms. The van der Waals surface area contributed by atoms with Gasteiger partial charge in [-0.05, 0) is 30.3 Å². The van der Waals surface area contributed by atoms with Crippen LogP contribution in [0.5, 0.6) is 5.75 Å². The van der Waals surface area contributed by atoms with E-state index < -0.39 is 5.82 Å². The molecule has 0 aliphatic heterocycles. The molecule has 0 spiro atoms. The number of phenolic OH excluding ortho intramolecular Hbond substituents is 1. The first-order valence-corrected chi connectivity index (χ1v) is 7.08. The van der Waals surface area contributed by atoms with Crippen molar-refractivity contribution in [3.8, 4) is 5.75 Å². The maximum absolute atomic E-state index is 13.1. The molecular formula is C14H10FN3O2S. The molecule has 0 saturated heterocycles. The van der Waals surface area contributed by atoms with Crippen molar-refractivity contribution in [3.63, 3.8) is 0 Å². The van der Waals surface area contributed by atoms with E-state index in [4.69, 9.17) is 0 Å². The second-order valence-corrected chi connectivity index (χ2v) is 5.23. The summed E-state index contributed by atoms with van der Waals surface area (Å²) < 4.78 is 14.9. The summed E-state index contributed by atoms with van der Waals surface area (Å²) in [7, 11) is 0. The van der Waals surface area contributed by atoms with E-state index in [0.717, 1.165) is 12.1 Å². The third-order valence-electron chi connectivity index (χ3n) is 2.87. The molecule has 2 heterocycles. The average Bonchev–Trinajstić information content (AvgIpc) is 2.90. The Morgan fingerprint density at radius 2 is 2.14 bits per heavy atom. The van der Waals surface area contributed by atoms with Crippen LogP contribution in [-0.4, -0.2) is 31.2 Å². The van der Waals surface area contributed by atoms with E-state index in [9.17, 15) is 14.3 Å². The highest BCUT2D eigenvalue weighted by atomic mass is 32.2. The van der Waals surface area contributed by atoms with Crippen LogP contribution >= 0.6 is 11.8 Å². The summed E-state index contributed by atoms with van der Waals surface area (Å²) in [5.41, 5.74) is 0.650. The Bertz CT molecular complexity index is 819. The molecule has 0 fully saturated rings. The number of aromatic hydroxyl groups is 1. The summed E-state index contributed by atoms with van der Waals surface area (Å²) in [6, 6.07) is 8.78. The van der Waals surface area contributed by atoms with E-state index >= 15 is 0 Å². The minimum Gasteiger partial charge on any atom is -0.507 e. The maximum atomic E-state index is 13.1. The molecule has 3 aromatic rings. The van der Waals surface area contributed by atoms with Crippen molar-refractivity contribution in [2.75, 3.05) is 5.75 Å². The van der Waals surface area contributed by atoms with Crippen LogP contribution in [0.4, 0.5) is 4.39 Å². The molecule has 0 radical (unpaired) electrons. The van der Waals surface area contributed by atoms with Crippen LogP contribution in [-0.2, 0) is 0 Å². The molecule has 0 amide bonds. The van der Waals surface area contributed by atoms with Crippen molar-refractivity contribution in [3.05, 3.63) is 54.0 Å². The highest BCUT2D eigenvalue weighted by Crippen LogP contribution is 2.23. The predicted octanol–water partition coefficient (Wildman–Crippen LogP) is 2.55. The van der Waals surface area contributed by atoms with Gasteiger partial charge in [0.25, 0.3) is 0 Å². The van der Waals surface area contributed by atoms with Gasteiger partial charge in [0.05, 0.1) is 11.3 Å². The van der Waals surface area contributed by atoms with E-state index in [-0.39, 0.29) is 22.8 Å². The number of hydrogen-bond acceptors (Lipinski definition) is 5. The summed E-state index contributed by atoms with van der Waals surface area (Å²) in [5.74, 6) is -1.13. The maximum Gasteiger partial charge on any atom is 0.196 e. The van der Waals surface area contributed by atoms with E-state index in [2.05, 4.69) is 10.2 Å². The lowest BCUT2D eigenvalue weighted by Gasteiger charge is -2.03. The molecule has 0 saturated carbocycles. The quantitative estimate of drug-likeness (QED) is 0.592. The number of fused-ring (bicyclic) bond motifs is 1. The third-order valence-corrected chi connectivity index (χ3v) is 3.82. The molecule has 3 rings (SSSR count). The number of thioether (sulfide) groups is 1. The van der Waals surface area contributed by atoms with Gasteiger partial charge in [-0.15, -0.1) is 10.2 Å². The van der Waals surface area contributed by atoms with E-state index in [0.29, 0.717) is 10.8 Å². The first-order chi connectivity index (χ1) is 10.1. The molecule has 0 aliphatic carbocycles. The topological polar surface area (TPSA) is 67.5 Å². The first-order valence-electron chi connectivity index (χ1n) is 6.09. The number of ketones is 1. The lowest BCUT2D eigenvalue weighted by atomic mass is 10.1. The second kappa shape index (κ2) is 5.53. The number of rotatable bonds is 4. The Morgan fingerprint density at radius 3 is 3.00 bits per heavy atom. The SMILES string of the molecule is O=C(CSc1nnc2ccccn12)c1cc(F)ccc1O. The van der Waals surface area contributed by atoms with Gasteiger partial charge in [-0.3, -0.25) is 9.20 Å². The third kappa shape index (κ3) is 2.73. The number of nitrogens with zero attached hydrogens (tertiary/aromatic N) is 3.